The normalized spacial score (nSPS) is 11.4. The maximum absolute atomic E-state index is 13.0. The molecule has 4 aromatic heterocycles. The van der Waals surface area contributed by atoms with Crippen molar-refractivity contribution in [3.05, 3.63) is 81.3 Å². The minimum atomic E-state index is -0.345. The summed E-state index contributed by atoms with van der Waals surface area (Å²) in [5.41, 5.74) is 3.65. The zero-order chi connectivity index (χ0) is 24.5. The first-order valence-corrected chi connectivity index (χ1v) is 11.8. The van der Waals surface area contributed by atoms with Crippen molar-refractivity contribution in [2.24, 2.45) is 0 Å². The Morgan fingerprint density at radius 3 is 2.34 bits per heavy atom. The average molecular weight is 470 g/mol. The summed E-state index contributed by atoms with van der Waals surface area (Å²) < 4.78 is 4.68. The van der Waals surface area contributed by atoms with Gasteiger partial charge in [-0.05, 0) is 38.0 Å². The lowest BCUT2D eigenvalue weighted by molar-refractivity contribution is 0.555. The van der Waals surface area contributed by atoms with Crippen molar-refractivity contribution < 1.29 is 0 Å². The molecular weight excluding hydrogens is 442 g/mol. The van der Waals surface area contributed by atoms with Gasteiger partial charge in [0.2, 0.25) is 0 Å². The number of aryl methyl sites for hydroxylation is 2. The van der Waals surface area contributed by atoms with Crippen LogP contribution in [0, 0.1) is 6.92 Å². The van der Waals surface area contributed by atoms with Gasteiger partial charge in [0.15, 0.2) is 11.5 Å². The molecule has 9 heteroatoms. The number of hydrogen-bond acceptors (Lipinski definition) is 5. The zero-order valence-corrected chi connectivity index (χ0v) is 20.0. The van der Waals surface area contributed by atoms with Gasteiger partial charge in [0.1, 0.15) is 11.3 Å². The molecule has 5 aromatic rings. The first-order valence-electron chi connectivity index (χ1n) is 11.8. The van der Waals surface area contributed by atoms with Crippen molar-refractivity contribution in [2.75, 3.05) is 0 Å². The molecule has 9 nitrogen and oxygen atoms in total. The fourth-order valence-electron chi connectivity index (χ4n) is 4.29. The molecule has 0 saturated carbocycles. The van der Waals surface area contributed by atoms with Crippen molar-refractivity contribution >= 4 is 11.2 Å². The number of hydrogen-bond donors (Lipinski definition) is 1. The van der Waals surface area contributed by atoms with Gasteiger partial charge in [-0.3, -0.25) is 13.9 Å². The maximum Gasteiger partial charge on any atom is 0.332 e. The van der Waals surface area contributed by atoms with Gasteiger partial charge < -0.3 is 4.98 Å². The van der Waals surface area contributed by atoms with Crippen LogP contribution in [0.3, 0.4) is 0 Å². The highest BCUT2D eigenvalue weighted by Gasteiger charge is 2.18. The van der Waals surface area contributed by atoms with Crippen LogP contribution in [0.5, 0.6) is 0 Å². The smallest absolute Gasteiger partial charge is 0.332 e. The predicted octanol–water partition coefficient (Wildman–Crippen LogP) is 3.93. The SMILES string of the molecule is CCCn1c(=O)c2[nH]c(-c3ccc(-n4nc(C)cc4-c4ccccc4)nc3)nc2n(CCC)c1=O. The molecule has 0 spiro atoms. The summed E-state index contributed by atoms with van der Waals surface area (Å²) in [5, 5.41) is 4.62. The van der Waals surface area contributed by atoms with E-state index in [0.717, 1.165) is 23.4 Å². The fourth-order valence-corrected chi connectivity index (χ4v) is 4.29. The van der Waals surface area contributed by atoms with E-state index >= 15 is 0 Å². The molecule has 0 fully saturated rings. The Kier molecular flexibility index (Phi) is 5.90. The lowest BCUT2D eigenvalue weighted by atomic mass is 10.1. The topological polar surface area (TPSA) is 103 Å². The molecule has 0 aliphatic heterocycles. The van der Waals surface area contributed by atoms with Crippen LogP contribution >= 0.6 is 0 Å². The van der Waals surface area contributed by atoms with Gasteiger partial charge in [0.05, 0.1) is 11.4 Å². The Labute approximate surface area is 201 Å². The summed E-state index contributed by atoms with van der Waals surface area (Å²) in [6.07, 6.45) is 3.15. The number of H-pyrrole nitrogens is 1. The second-order valence-corrected chi connectivity index (χ2v) is 8.53. The molecule has 1 N–H and O–H groups in total. The van der Waals surface area contributed by atoms with Crippen LogP contribution in [-0.4, -0.2) is 33.9 Å². The number of fused-ring (bicyclic) bond motifs is 1. The zero-order valence-electron chi connectivity index (χ0n) is 20.0. The molecule has 35 heavy (non-hydrogen) atoms. The van der Waals surface area contributed by atoms with E-state index in [0.29, 0.717) is 47.9 Å². The number of aromatic nitrogens is 7. The fraction of sp³-hybridized carbons (Fsp3) is 0.269. The minimum Gasteiger partial charge on any atom is -0.332 e. The van der Waals surface area contributed by atoms with E-state index in [4.69, 9.17) is 0 Å². The van der Waals surface area contributed by atoms with E-state index in [-0.39, 0.29) is 11.2 Å². The Bertz CT molecular complexity index is 1610. The van der Waals surface area contributed by atoms with Gasteiger partial charge >= 0.3 is 5.69 Å². The van der Waals surface area contributed by atoms with Crippen molar-refractivity contribution in [2.45, 2.75) is 46.7 Å². The van der Waals surface area contributed by atoms with Crippen molar-refractivity contribution in [3.8, 4) is 28.5 Å². The Balaban J connectivity index is 1.58. The molecule has 0 aliphatic carbocycles. The highest BCUT2D eigenvalue weighted by molar-refractivity contribution is 5.75. The molecule has 178 valence electrons. The molecular formula is C26H27N7O2. The van der Waals surface area contributed by atoms with Gasteiger partial charge in [-0.25, -0.2) is 19.4 Å². The third-order valence-corrected chi connectivity index (χ3v) is 5.90. The highest BCUT2D eigenvalue weighted by atomic mass is 16.2. The molecule has 0 unspecified atom stereocenters. The standard InChI is InChI=1S/C26H27N7O2/c1-4-13-31-24-22(25(34)32(14-5-2)26(31)35)28-23(29-24)19-11-12-21(27-16-19)33-20(15-17(3)30-33)18-9-7-6-8-10-18/h6-12,15-16H,4-5,13-14H2,1-3H3,(H,28,29). The molecule has 4 heterocycles. The third kappa shape index (κ3) is 3.99. The minimum absolute atomic E-state index is 0.319. The van der Waals surface area contributed by atoms with Crippen molar-refractivity contribution in [3.63, 3.8) is 0 Å². The number of aromatic amines is 1. The van der Waals surface area contributed by atoms with E-state index in [2.05, 4.69) is 20.1 Å². The number of benzene rings is 1. The summed E-state index contributed by atoms with van der Waals surface area (Å²) in [5.74, 6) is 1.17. The lowest BCUT2D eigenvalue weighted by Gasteiger charge is -2.09. The molecule has 1 aromatic carbocycles. The van der Waals surface area contributed by atoms with E-state index in [1.807, 2.05) is 74.0 Å². The van der Waals surface area contributed by atoms with Gasteiger partial charge in [0.25, 0.3) is 5.56 Å². The molecule has 0 radical (unpaired) electrons. The summed E-state index contributed by atoms with van der Waals surface area (Å²) >= 11 is 0. The van der Waals surface area contributed by atoms with Crippen LogP contribution in [0.25, 0.3) is 39.6 Å². The number of imidazole rings is 1. The average Bonchev–Trinajstić information content (AvgIpc) is 3.49. The first kappa shape index (κ1) is 22.5. The predicted molar refractivity (Wildman–Crippen MR) is 136 cm³/mol. The first-order chi connectivity index (χ1) is 17.0. The van der Waals surface area contributed by atoms with Crippen LogP contribution in [0.2, 0.25) is 0 Å². The molecule has 0 amide bonds. The van der Waals surface area contributed by atoms with Crippen molar-refractivity contribution in [1.29, 1.82) is 0 Å². The second-order valence-electron chi connectivity index (χ2n) is 8.53. The monoisotopic (exact) mass is 469 g/mol. The number of nitrogens with zero attached hydrogens (tertiary/aromatic N) is 6. The summed E-state index contributed by atoms with van der Waals surface area (Å²) in [4.78, 5) is 38.3. The summed E-state index contributed by atoms with van der Waals surface area (Å²) in [6, 6.07) is 15.8. The highest BCUT2D eigenvalue weighted by Crippen LogP contribution is 2.24. The quantitative estimate of drug-likeness (QED) is 0.389. The van der Waals surface area contributed by atoms with Crippen LogP contribution in [0.4, 0.5) is 0 Å². The van der Waals surface area contributed by atoms with Gasteiger partial charge in [-0.1, -0.05) is 44.2 Å². The van der Waals surface area contributed by atoms with Crippen LogP contribution in [0.1, 0.15) is 32.4 Å². The number of nitrogens with one attached hydrogen (secondary N) is 1. The molecule has 5 rings (SSSR count). The van der Waals surface area contributed by atoms with Crippen molar-refractivity contribution in [1.82, 2.24) is 33.9 Å². The molecule has 0 aliphatic rings. The molecule has 0 bridgehead atoms. The number of rotatable bonds is 7. The Morgan fingerprint density at radius 1 is 0.914 bits per heavy atom. The van der Waals surface area contributed by atoms with E-state index < -0.39 is 0 Å². The summed E-state index contributed by atoms with van der Waals surface area (Å²) in [7, 11) is 0. The lowest BCUT2D eigenvalue weighted by Crippen LogP contribution is -2.40. The van der Waals surface area contributed by atoms with E-state index in [9.17, 15) is 9.59 Å². The third-order valence-electron chi connectivity index (χ3n) is 5.90. The van der Waals surface area contributed by atoms with Crippen LogP contribution in [0.15, 0.2) is 64.3 Å². The maximum atomic E-state index is 13.0. The van der Waals surface area contributed by atoms with Gasteiger partial charge in [0, 0.05) is 30.4 Å². The van der Waals surface area contributed by atoms with Crippen LogP contribution < -0.4 is 11.2 Å². The summed E-state index contributed by atoms with van der Waals surface area (Å²) in [6.45, 7) is 6.74. The number of pyridine rings is 1. The van der Waals surface area contributed by atoms with E-state index in [1.54, 1.807) is 10.8 Å². The van der Waals surface area contributed by atoms with Gasteiger partial charge in [-0.15, -0.1) is 0 Å². The van der Waals surface area contributed by atoms with E-state index in [1.165, 1.54) is 4.57 Å². The van der Waals surface area contributed by atoms with Gasteiger partial charge in [-0.2, -0.15) is 5.10 Å². The molecule has 0 saturated heterocycles. The molecule has 0 atom stereocenters. The Hall–Kier alpha value is -4.27. The van der Waals surface area contributed by atoms with Crippen LogP contribution in [-0.2, 0) is 13.1 Å². The second kappa shape index (κ2) is 9.17. The Morgan fingerprint density at radius 2 is 1.66 bits per heavy atom. The largest absolute Gasteiger partial charge is 0.332 e.